The van der Waals surface area contributed by atoms with Crippen molar-refractivity contribution in [2.75, 3.05) is 19.7 Å². The zero-order chi connectivity index (χ0) is 9.90. The van der Waals surface area contributed by atoms with Gasteiger partial charge in [0.25, 0.3) is 0 Å². The number of rotatable bonds is 0. The van der Waals surface area contributed by atoms with E-state index in [0.29, 0.717) is 5.60 Å². The number of ether oxygens (including phenoxy) is 1. The maximum absolute atomic E-state index is 8.93. The van der Waals surface area contributed by atoms with E-state index < -0.39 is 11.9 Å². The highest BCUT2D eigenvalue weighted by atomic mass is 16.5. The summed E-state index contributed by atoms with van der Waals surface area (Å²) in [6.07, 6.45) is 1.28. The van der Waals surface area contributed by atoms with Crippen molar-refractivity contribution in [1.82, 2.24) is 5.32 Å². The summed E-state index contributed by atoms with van der Waals surface area (Å²) >= 11 is 0. The van der Waals surface area contributed by atoms with Crippen molar-refractivity contribution < 1.29 is 24.5 Å². The van der Waals surface area contributed by atoms with Gasteiger partial charge in [-0.2, -0.15) is 0 Å². The van der Waals surface area contributed by atoms with Gasteiger partial charge in [0.15, 0.2) is 0 Å². The highest BCUT2D eigenvalue weighted by Gasteiger charge is 2.43. The second-order valence-corrected chi connectivity index (χ2v) is 2.96. The Morgan fingerprint density at radius 2 is 1.69 bits per heavy atom. The molecule has 0 amide bonds. The van der Waals surface area contributed by atoms with Crippen LogP contribution in [0.1, 0.15) is 6.42 Å². The predicted molar refractivity (Wildman–Crippen MR) is 36.2 cm³/mol. The molecule has 0 aromatic heterocycles. The lowest BCUT2D eigenvalue weighted by molar-refractivity contribution is -0.345. The SMILES string of the molecule is C1CC2(CNC2)O1.O=C([O-])C(=O)[O-]. The van der Waals surface area contributed by atoms with E-state index in [2.05, 4.69) is 5.32 Å². The van der Waals surface area contributed by atoms with E-state index in [-0.39, 0.29) is 0 Å². The van der Waals surface area contributed by atoms with Gasteiger partial charge >= 0.3 is 0 Å². The van der Waals surface area contributed by atoms with Crippen LogP contribution in [0.2, 0.25) is 0 Å². The predicted octanol–water partition coefficient (Wildman–Crippen LogP) is -3.77. The number of nitrogens with one attached hydrogen (secondary N) is 1. The molecule has 74 valence electrons. The smallest absolute Gasteiger partial charge is 0.0951 e. The number of carbonyl (C=O) groups is 2. The molecule has 0 unspecified atom stereocenters. The third-order valence-electron chi connectivity index (χ3n) is 2.03. The molecule has 0 saturated carbocycles. The molecule has 0 bridgehead atoms. The summed E-state index contributed by atoms with van der Waals surface area (Å²) < 4.78 is 5.29. The molecular weight excluding hydrogens is 178 g/mol. The molecule has 0 aliphatic carbocycles. The second kappa shape index (κ2) is 3.71. The molecule has 13 heavy (non-hydrogen) atoms. The normalized spacial score (nSPS) is 21.8. The lowest BCUT2D eigenvalue weighted by atomic mass is 9.89. The third kappa shape index (κ3) is 2.40. The Bertz CT molecular complexity index is 191. The van der Waals surface area contributed by atoms with Crippen molar-refractivity contribution in [3.05, 3.63) is 0 Å². The van der Waals surface area contributed by atoms with Crippen molar-refractivity contribution in [2.24, 2.45) is 0 Å². The van der Waals surface area contributed by atoms with E-state index >= 15 is 0 Å². The van der Waals surface area contributed by atoms with Crippen molar-refractivity contribution >= 4 is 11.9 Å². The number of hydrogen-bond donors (Lipinski definition) is 1. The van der Waals surface area contributed by atoms with Crippen molar-refractivity contribution in [3.8, 4) is 0 Å². The highest BCUT2D eigenvalue weighted by Crippen LogP contribution is 2.29. The first-order valence-electron chi connectivity index (χ1n) is 3.83. The fraction of sp³-hybridized carbons (Fsp3) is 0.714. The van der Waals surface area contributed by atoms with E-state index in [1.807, 2.05) is 0 Å². The minimum Gasteiger partial charge on any atom is -0.543 e. The Labute approximate surface area is 74.5 Å². The Morgan fingerprint density at radius 3 is 1.69 bits per heavy atom. The minimum atomic E-state index is -2.19. The molecule has 2 aliphatic rings. The molecular formula is C7H9NO5-2. The van der Waals surface area contributed by atoms with Gasteiger partial charge in [-0.05, 0) is 0 Å². The number of carboxylic acid groups (broad SMARTS) is 2. The molecule has 2 fully saturated rings. The first-order valence-corrected chi connectivity index (χ1v) is 3.83. The number of carboxylic acids is 2. The third-order valence-corrected chi connectivity index (χ3v) is 2.03. The number of aliphatic carboxylic acids is 2. The fourth-order valence-electron chi connectivity index (χ4n) is 1.07. The van der Waals surface area contributed by atoms with Gasteiger partial charge in [0, 0.05) is 19.5 Å². The summed E-state index contributed by atoms with van der Waals surface area (Å²) in [6.45, 7) is 3.17. The average Bonchev–Trinajstić information content (AvgIpc) is 1.80. The average molecular weight is 187 g/mol. The lowest BCUT2D eigenvalue weighted by Gasteiger charge is -2.49. The summed E-state index contributed by atoms with van der Waals surface area (Å²) in [6, 6.07) is 0. The van der Waals surface area contributed by atoms with E-state index in [1.54, 1.807) is 0 Å². The van der Waals surface area contributed by atoms with Crippen LogP contribution >= 0.6 is 0 Å². The van der Waals surface area contributed by atoms with Crippen molar-refractivity contribution in [2.45, 2.75) is 12.0 Å². The molecule has 0 aromatic rings. The molecule has 6 heteroatoms. The standard InChI is InChI=1S/C5H9NO.C2H2O4/c1-2-7-5(1)3-6-4-5;3-1(4)2(5)6/h6H,1-4H2;(H,3,4)(H,5,6)/p-2. The largest absolute Gasteiger partial charge is 0.543 e. The van der Waals surface area contributed by atoms with Gasteiger partial charge < -0.3 is 29.9 Å². The van der Waals surface area contributed by atoms with Gasteiger partial charge in [-0.15, -0.1) is 0 Å². The van der Waals surface area contributed by atoms with Gasteiger partial charge in [-0.25, -0.2) is 0 Å². The fourth-order valence-corrected chi connectivity index (χ4v) is 1.07. The monoisotopic (exact) mass is 187 g/mol. The molecule has 2 rings (SSSR count). The van der Waals surface area contributed by atoms with Crippen LogP contribution in [0.4, 0.5) is 0 Å². The van der Waals surface area contributed by atoms with Crippen molar-refractivity contribution in [1.29, 1.82) is 0 Å². The summed E-state index contributed by atoms with van der Waals surface area (Å²) in [7, 11) is 0. The topological polar surface area (TPSA) is 102 Å². The maximum atomic E-state index is 8.93. The molecule has 1 N–H and O–H groups in total. The highest BCUT2D eigenvalue weighted by molar-refractivity contribution is 6.25. The first kappa shape index (κ1) is 9.94. The molecule has 2 aliphatic heterocycles. The summed E-state index contributed by atoms with van der Waals surface area (Å²) in [5, 5.41) is 21.0. The van der Waals surface area contributed by atoms with Crippen LogP contribution in [0.3, 0.4) is 0 Å². The van der Waals surface area contributed by atoms with Crippen LogP contribution in [-0.2, 0) is 14.3 Å². The quantitative estimate of drug-likeness (QED) is 0.391. The van der Waals surface area contributed by atoms with Crippen LogP contribution < -0.4 is 15.5 Å². The van der Waals surface area contributed by atoms with E-state index in [4.69, 9.17) is 24.5 Å². The molecule has 2 heterocycles. The zero-order valence-corrected chi connectivity index (χ0v) is 6.87. The minimum absolute atomic E-state index is 0.333. The molecule has 0 atom stereocenters. The van der Waals surface area contributed by atoms with Crippen LogP contribution in [-0.4, -0.2) is 37.2 Å². The Balaban J connectivity index is 0.000000133. The Hall–Kier alpha value is -1.14. The van der Waals surface area contributed by atoms with Crippen LogP contribution in [0.15, 0.2) is 0 Å². The van der Waals surface area contributed by atoms with Gasteiger partial charge in [-0.1, -0.05) is 0 Å². The molecule has 6 nitrogen and oxygen atoms in total. The molecule has 2 saturated heterocycles. The Morgan fingerprint density at radius 1 is 1.23 bits per heavy atom. The van der Waals surface area contributed by atoms with Gasteiger partial charge in [0.05, 0.1) is 24.1 Å². The Kier molecular flexibility index (Phi) is 2.84. The molecule has 0 radical (unpaired) electrons. The maximum Gasteiger partial charge on any atom is 0.0951 e. The van der Waals surface area contributed by atoms with E-state index in [1.165, 1.54) is 6.42 Å². The second-order valence-electron chi connectivity index (χ2n) is 2.96. The zero-order valence-electron chi connectivity index (χ0n) is 6.87. The summed E-state index contributed by atoms with van der Waals surface area (Å²) in [4.78, 5) is 17.9. The van der Waals surface area contributed by atoms with Crippen LogP contribution in [0.5, 0.6) is 0 Å². The van der Waals surface area contributed by atoms with E-state index in [9.17, 15) is 0 Å². The first-order chi connectivity index (χ1) is 6.06. The van der Waals surface area contributed by atoms with Gasteiger partial charge in [0.1, 0.15) is 0 Å². The summed E-state index contributed by atoms with van der Waals surface area (Å²) in [5.41, 5.74) is 0.333. The van der Waals surface area contributed by atoms with Gasteiger partial charge in [0.2, 0.25) is 0 Å². The number of hydrogen-bond acceptors (Lipinski definition) is 6. The number of carbonyl (C=O) groups excluding carboxylic acids is 2. The van der Waals surface area contributed by atoms with Gasteiger partial charge in [-0.3, -0.25) is 0 Å². The summed E-state index contributed by atoms with van der Waals surface area (Å²) in [5.74, 6) is -4.37. The lowest BCUT2D eigenvalue weighted by Crippen LogP contribution is -2.66. The van der Waals surface area contributed by atoms with Crippen LogP contribution in [0, 0.1) is 0 Å². The molecule has 1 spiro atoms. The van der Waals surface area contributed by atoms with Crippen molar-refractivity contribution in [3.63, 3.8) is 0 Å². The van der Waals surface area contributed by atoms with Crippen LogP contribution in [0.25, 0.3) is 0 Å². The molecule has 0 aromatic carbocycles. The van der Waals surface area contributed by atoms with E-state index in [0.717, 1.165) is 19.7 Å².